The average Bonchev–Trinajstić information content (AvgIpc) is 2.94. The van der Waals surface area contributed by atoms with Crippen molar-refractivity contribution in [3.8, 4) is 0 Å². The molecule has 2 N–H and O–H groups in total. The summed E-state index contributed by atoms with van der Waals surface area (Å²) >= 11 is 5.87. The summed E-state index contributed by atoms with van der Waals surface area (Å²) in [6.45, 7) is 0.372. The summed E-state index contributed by atoms with van der Waals surface area (Å²) in [4.78, 5) is 36.9. The van der Waals surface area contributed by atoms with Gasteiger partial charge in [-0.2, -0.15) is 0 Å². The van der Waals surface area contributed by atoms with Crippen molar-refractivity contribution < 1.29 is 18.8 Å². The lowest BCUT2D eigenvalue weighted by atomic mass is 9.99. The Morgan fingerprint density at radius 2 is 2.14 bits per heavy atom. The smallest absolute Gasteiger partial charge is 0.322 e. The summed E-state index contributed by atoms with van der Waals surface area (Å²) in [5, 5.41) is 4.73. The van der Waals surface area contributed by atoms with E-state index in [4.69, 9.17) is 11.6 Å². The first-order valence-electron chi connectivity index (χ1n) is 6.29. The summed E-state index contributed by atoms with van der Waals surface area (Å²) < 4.78 is 13.0. The lowest BCUT2D eigenvalue weighted by molar-refractivity contribution is -0.123. The highest BCUT2D eigenvalue weighted by Crippen LogP contribution is 2.27. The summed E-state index contributed by atoms with van der Waals surface area (Å²) in [6.07, 6.45) is 0.328. The monoisotopic (exact) mass is 311 g/mol. The first-order valence-corrected chi connectivity index (χ1v) is 6.67. The van der Waals surface area contributed by atoms with Crippen molar-refractivity contribution in [2.75, 3.05) is 13.1 Å². The van der Waals surface area contributed by atoms with Crippen LogP contribution >= 0.6 is 11.6 Å². The van der Waals surface area contributed by atoms with Crippen LogP contribution in [-0.4, -0.2) is 41.4 Å². The number of rotatable bonds is 1. The van der Waals surface area contributed by atoms with E-state index < -0.39 is 29.2 Å². The minimum Gasteiger partial charge on any atom is -0.336 e. The van der Waals surface area contributed by atoms with E-state index in [0.717, 1.165) is 12.1 Å². The van der Waals surface area contributed by atoms with Crippen molar-refractivity contribution in [2.24, 2.45) is 0 Å². The number of amides is 4. The zero-order valence-electron chi connectivity index (χ0n) is 10.8. The topological polar surface area (TPSA) is 78.5 Å². The fourth-order valence-corrected chi connectivity index (χ4v) is 2.88. The maximum absolute atomic E-state index is 13.0. The van der Waals surface area contributed by atoms with Crippen LogP contribution in [0, 0.1) is 5.82 Å². The first kappa shape index (κ1) is 13.8. The molecule has 110 valence electrons. The van der Waals surface area contributed by atoms with Crippen LogP contribution < -0.4 is 10.6 Å². The number of nitrogens with one attached hydrogen (secondary N) is 2. The number of halogens is 2. The Kier molecular flexibility index (Phi) is 3.09. The van der Waals surface area contributed by atoms with E-state index >= 15 is 0 Å². The number of hydrogen-bond acceptors (Lipinski definition) is 3. The molecule has 0 saturated carbocycles. The van der Waals surface area contributed by atoms with E-state index in [0.29, 0.717) is 13.0 Å². The van der Waals surface area contributed by atoms with Gasteiger partial charge in [0.05, 0.1) is 17.1 Å². The number of nitrogens with zero attached hydrogens (tertiary/aromatic N) is 1. The summed E-state index contributed by atoms with van der Waals surface area (Å²) in [5.41, 5.74) is -0.904. The molecule has 1 aromatic carbocycles. The maximum Gasteiger partial charge on any atom is 0.322 e. The lowest BCUT2D eigenvalue weighted by Crippen LogP contribution is -2.49. The highest BCUT2D eigenvalue weighted by atomic mass is 35.5. The van der Waals surface area contributed by atoms with E-state index in [1.807, 2.05) is 0 Å². The zero-order chi connectivity index (χ0) is 15.2. The average molecular weight is 312 g/mol. The van der Waals surface area contributed by atoms with Crippen LogP contribution in [0.5, 0.6) is 0 Å². The second kappa shape index (κ2) is 4.70. The van der Waals surface area contributed by atoms with Crippen LogP contribution in [0.4, 0.5) is 9.18 Å². The molecule has 2 saturated heterocycles. The van der Waals surface area contributed by atoms with Crippen molar-refractivity contribution >= 4 is 29.4 Å². The standard InChI is InChI=1S/C13H11ClFN3O3/c14-9-5-7(15)1-2-8(9)10(19)18-4-3-13(6-18)11(20)16-12(21)17-13/h1-2,5H,3-4,6H2,(H2,16,17,20,21). The van der Waals surface area contributed by atoms with Gasteiger partial charge in [0.15, 0.2) is 0 Å². The number of benzene rings is 1. The molecule has 8 heteroatoms. The zero-order valence-corrected chi connectivity index (χ0v) is 11.5. The predicted molar refractivity (Wildman–Crippen MR) is 71.3 cm³/mol. The Balaban J connectivity index is 1.82. The van der Waals surface area contributed by atoms with Gasteiger partial charge in [-0.1, -0.05) is 11.6 Å². The van der Waals surface area contributed by atoms with Gasteiger partial charge in [-0.15, -0.1) is 0 Å². The molecule has 0 aromatic heterocycles. The predicted octanol–water partition coefficient (Wildman–Crippen LogP) is 0.903. The molecule has 2 heterocycles. The summed E-state index contributed by atoms with van der Waals surface area (Å²) in [5.74, 6) is -1.37. The van der Waals surface area contributed by atoms with Gasteiger partial charge in [-0.25, -0.2) is 9.18 Å². The lowest BCUT2D eigenvalue weighted by Gasteiger charge is -2.21. The number of carbonyl (C=O) groups excluding carboxylic acids is 3. The van der Waals surface area contributed by atoms with Crippen molar-refractivity contribution in [2.45, 2.75) is 12.0 Å². The normalized spacial score (nSPS) is 24.4. The van der Waals surface area contributed by atoms with Gasteiger partial charge >= 0.3 is 6.03 Å². The van der Waals surface area contributed by atoms with E-state index in [1.165, 1.54) is 11.0 Å². The van der Waals surface area contributed by atoms with Gasteiger partial charge in [0.1, 0.15) is 11.4 Å². The number of imide groups is 1. The first-order chi connectivity index (χ1) is 9.91. The van der Waals surface area contributed by atoms with Crippen LogP contribution in [-0.2, 0) is 4.79 Å². The Hall–Kier alpha value is -2.15. The third-order valence-corrected chi connectivity index (χ3v) is 4.05. The summed E-state index contributed by atoms with van der Waals surface area (Å²) in [6, 6.07) is 2.95. The molecule has 0 bridgehead atoms. The Labute approximate surface area is 124 Å². The molecule has 2 fully saturated rings. The van der Waals surface area contributed by atoms with E-state index in [2.05, 4.69) is 10.6 Å². The van der Waals surface area contributed by atoms with Crippen molar-refractivity contribution in [3.63, 3.8) is 0 Å². The van der Waals surface area contributed by atoms with Gasteiger partial charge in [-0.3, -0.25) is 14.9 Å². The number of hydrogen-bond donors (Lipinski definition) is 2. The van der Waals surface area contributed by atoms with Crippen LogP contribution in [0.25, 0.3) is 0 Å². The molecular formula is C13H11ClFN3O3. The second-order valence-electron chi connectivity index (χ2n) is 5.09. The quantitative estimate of drug-likeness (QED) is 0.757. The fourth-order valence-electron chi connectivity index (χ4n) is 2.63. The molecule has 1 spiro atoms. The van der Waals surface area contributed by atoms with Crippen molar-refractivity contribution in [1.82, 2.24) is 15.5 Å². The highest BCUT2D eigenvalue weighted by Gasteiger charge is 2.51. The molecule has 1 atom stereocenters. The molecule has 6 nitrogen and oxygen atoms in total. The Morgan fingerprint density at radius 3 is 2.76 bits per heavy atom. The number of carbonyl (C=O) groups is 3. The fraction of sp³-hybridized carbons (Fsp3) is 0.308. The molecule has 3 rings (SSSR count). The third kappa shape index (κ3) is 2.23. The third-order valence-electron chi connectivity index (χ3n) is 3.73. The maximum atomic E-state index is 13.0. The van der Waals surface area contributed by atoms with Crippen molar-refractivity contribution in [3.05, 3.63) is 34.6 Å². The van der Waals surface area contributed by atoms with Crippen molar-refractivity contribution in [1.29, 1.82) is 0 Å². The second-order valence-corrected chi connectivity index (χ2v) is 5.50. The molecule has 4 amide bonds. The van der Waals surface area contributed by atoms with E-state index in [-0.39, 0.29) is 17.1 Å². The van der Waals surface area contributed by atoms with Crippen LogP contribution in [0.3, 0.4) is 0 Å². The van der Waals surface area contributed by atoms with E-state index in [1.54, 1.807) is 0 Å². The SMILES string of the molecule is O=C1NC(=O)C2(CCN(C(=O)c3ccc(F)cc3Cl)C2)N1. The minimum atomic E-state index is -1.07. The van der Waals surface area contributed by atoms with Gasteiger partial charge in [0.25, 0.3) is 11.8 Å². The largest absolute Gasteiger partial charge is 0.336 e. The molecular weight excluding hydrogens is 301 g/mol. The highest BCUT2D eigenvalue weighted by molar-refractivity contribution is 6.33. The Bertz CT molecular complexity index is 666. The minimum absolute atomic E-state index is 0.0147. The number of likely N-dealkylation sites (tertiary alicyclic amines) is 1. The van der Waals surface area contributed by atoms with Crippen LogP contribution in [0.15, 0.2) is 18.2 Å². The molecule has 2 aliphatic heterocycles. The number of urea groups is 1. The van der Waals surface area contributed by atoms with Gasteiger partial charge in [0, 0.05) is 6.54 Å². The molecule has 1 aromatic rings. The van der Waals surface area contributed by atoms with E-state index in [9.17, 15) is 18.8 Å². The van der Waals surface area contributed by atoms with Gasteiger partial charge in [-0.05, 0) is 24.6 Å². The Morgan fingerprint density at radius 1 is 1.38 bits per heavy atom. The van der Waals surface area contributed by atoms with Crippen LogP contribution in [0.2, 0.25) is 5.02 Å². The molecule has 1 unspecified atom stereocenters. The molecule has 0 radical (unpaired) electrons. The molecule has 0 aliphatic carbocycles. The van der Waals surface area contributed by atoms with Gasteiger partial charge in [0.2, 0.25) is 0 Å². The molecule has 21 heavy (non-hydrogen) atoms. The van der Waals surface area contributed by atoms with Crippen LogP contribution in [0.1, 0.15) is 16.8 Å². The summed E-state index contributed by atoms with van der Waals surface area (Å²) in [7, 11) is 0. The molecule has 2 aliphatic rings. The van der Waals surface area contributed by atoms with Gasteiger partial charge < -0.3 is 10.2 Å².